The summed E-state index contributed by atoms with van der Waals surface area (Å²) in [6, 6.07) is 7.97. The first-order valence-corrected chi connectivity index (χ1v) is 9.37. The van der Waals surface area contributed by atoms with Crippen LogP contribution in [0.3, 0.4) is 0 Å². The first-order chi connectivity index (χ1) is 12.7. The van der Waals surface area contributed by atoms with Gasteiger partial charge in [0.25, 0.3) is 0 Å². The summed E-state index contributed by atoms with van der Waals surface area (Å²) in [7, 11) is 0. The van der Waals surface area contributed by atoms with Crippen LogP contribution in [0, 0.1) is 0 Å². The van der Waals surface area contributed by atoms with Crippen molar-refractivity contribution in [2.75, 3.05) is 44.2 Å². The number of anilines is 1. The molecule has 27 heavy (non-hydrogen) atoms. The lowest BCUT2D eigenvalue weighted by atomic mass is 10.2. The third kappa shape index (κ3) is 5.57. The van der Waals surface area contributed by atoms with E-state index in [1.54, 1.807) is 4.90 Å². The molecule has 7 nitrogen and oxygen atoms in total. The van der Waals surface area contributed by atoms with Gasteiger partial charge in [0, 0.05) is 31.9 Å². The van der Waals surface area contributed by atoms with Gasteiger partial charge in [-0.1, -0.05) is 18.2 Å². The fourth-order valence-electron chi connectivity index (χ4n) is 3.41. The van der Waals surface area contributed by atoms with Gasteiger partial charge in [0.15, 0.2) is 5.96 Å². The highest BCUT2D eigenvalue weighted by molar-refractivity contribution is 14.0. The Labute approximate surface area is 177 Å². The molecule has 1 aromatic carbocycles. The van der Waals surface area contributed by atoms with E-state index >= 15 is 0 Å². The molecule has 1 aromatic rings. The minimum absolute atomic E-state index is 0. The quantitative estimate of drug-likeness (QED) is 0.376. The van der Waals surface area contributed by atoms with Gasteiger partial charge in [-0.3, -0.25) is 9.59 Å². The molecule has 1 fully saturated rings. The average molecular weight is 485 g/mol. The Morgan fingerprint density at radius 1 is 1.07 bits per heavy atom. The molecule has 8 heteroatoms. The van der Waals surface area contributed by atoms with Gasteiger partial charge in [0.1, 0.15) is 6.54 Å². The van der Waals surface area contributed by atoms with Crippen molar-refractivity contribution in [2.24, 2.45) is 4.99 Å². The van der Waals surface area contributed by atoms with Gasteiger partial charge in [0.05, 0.1) is 6.54 Å². The molecule has 3 rings (SSSR count). The van der Waals surface area contributed by atoms with Crippen molar-refractivity contribution in [3.05, 3.63) is 29.8 Å². The molecule has 0 saturated carbocycles. The second-order valence-electron chi connectivity index (χ2n) is 6.56. The number of fused-ring (bicyclic) bond motifs is 1. The van der Waals surface area contributed by atoms with Crippen molar-refractivity contribution in [1.29, 1.82) is 0 Å². The monoisotopic (exact) mass is 485 g/mol. The normalized spacial score (nSPS) is 16.0. The van der Waals surface area contributed by atoms with Crippen LogP contribution < -0.4 is 15.5 Å². The number of hydrogen-bond donors (Lipinski definition) is 2. The van der Waals surface area contributed by atoms with E-state index in [0.717, 1.165) is 38.0 Å². The Morgan fingerprint density at radius 2 is 1.81 bits per heavy atom. The number of carbonyl (C=O) groups is 2. The second-order valence-corrected chi connectivity index (χ2v) is 6.56. The summed E-state index contributed by atoms with van der Waals surface area (Å²) in [4.78, 5) is 32.7. The van der Waals surface area contributed by atoms with E-state index in [1.165, 1.54) is 5.56 Å². The lowest BCUT2D eigenvalue weighted by Gasteiger charge is -2.18. The zero-order valence-electron chi connectivity index (χ0n) is 15.7. The predicted octanol–water partition coefficient (Wildman–Crippen LogP) is 1.37. The van der Waals surface area contributed by atoms with E-state index in [0.29, 0.717) is 19.0 Å². The van der Waals surface area contributed by atoms with Gasteiger partial charge in [-0.05, 0) is 37.8 Å². The molecule has 1 saturated heterocycles. The zero-order chi connectivity index (χ0) is 18.4. The van der Waals surface area contributed by atoms with Crippen LogP contribution >= 0.6 is 24.0 Å². The average Bonchev–Trinajstić information content (AvgIpc) is 3.33. The molecular weight excluding hydrogens is 457 g/mol. The van der Waals surface area contributed by atoms with E-state index in [4.69, 9.17) is 0 Å². The summed E-state index contributed by atoms with van der Waals surface area (Å²) >= 11 is 0. The van der Waals surface area contributed by atoms with Crippen LogP contribution in [0.15, 0.2) is 29.3 Å². The summed E-state index contributed by atoms with van der Waals surface area (Å²) in [5, 5.41) is 6.13. The molecule has 2 amide bonds. The molecule has 0 bridgehead atoms. The first-order valence-electron chi connectivity index (χ1n) is 9.37. The number of hydrogen-bond acceptors (Lipinski definition) is 3. The Kier molecular flexibility index (Phi) is 8.33. The number of para-hydroxylation sites is 1. The molecule has 0 atom stereocenters. The van der Waals surface area contributed by atoms with Crippen molar-refractivity contribution in [3.63, 3.8) is 0 Å². The number of halogens is 1. The van der Waals surface area contributed by atoms with Crippen molar-refractivity contribution in [2.45, 2.75) is 26.2 Å². The van der Waals surface area contributed by atoms with Gasteiger partial charge in [-0.2, -0.15) is 0 Å². The number of likely N-dealkylation sites (tertiary alicyclic amines) is 1. The first kappa shape index (κ1) is 21.5. The highest BCUT2D eigenvalue weighted by Gasteiger charge is 2.24. The Hall–Kier alpha value is -1.84. The van der Waals surface area contributed by atoms with Gasteiger partial charge in [-0.15, -0.1) is 24.0 Å². The SMILES string of the molecule is CCNC(=NCC(=O)N1CCc2ccccc21)NCC(=O)N1CCCC1.I. The lowest BCUT2D eigenvalue weighted by molar-refractivity contribution is -0.128. The minimum Gasteiger partial charge on any atom is -0.357 e. The van der Waals surface area contributed by atoms with Crippen molar-refractivity contribution >= 4 is 47.4 Å². The minimum atomic E-state index is -0.0296. The molecule has 0 radical (unpaired) electrons. The van der Waals surface area contributed by atoms with Crippen LogP contribution in [0.1, 0.15) is 25.3 Å². The molecule has 0 spiro atoms. The highest BCUT2D eigenvalue weighted by Crippen LogP contribution is 2.27. The van der Waals surface area contributed by atoms with Crippen molar-refractivity contribution in [1.82, 2.24) is 15.5 Å². The molecule has 0 aromatic heterocycles. The number of amides is 2. The molecule has 2 heterocycles. The summed E-state index contributed by atoms with van der Waals surface area (Å²) in [5.74, 6) is 0.548. The number of aliphatic imine (C=N–C) groups is 1. The van der Waals surface area contributed by atoms with E-state index in [-0.39, 0.29) is 48.9 Å². The number of nitrogens with one attached hydrogen (secondary N) is 2. The summed E-state index contributed by atoms with van der Waals surface area (Å²) in [6.07, 6.45) is 3.03. The molecule has 148 valence electrons. The summed E-state index contributed by atoms with van der Waals surface area (Å²) in [6.45, 7) is 5.25. The van der Waals surface area contributed by atoms with Crippen LogP contribution in [0.25, 0.3) is 0 Å². The fraction of sp³-hybridized carbons (Fsp3) is 0.526. The number of benzene rings is 1. The second kappa shape index (κ2) is 10.5. The Bertz CT molecular complexity index is 688. The van der Waals surface area contributed by atoms with Crippen molar-refractivity contribution in [3.8, 4) is 0 Å². The van der Waals surface area contributed by atoms with Gasteiger partial charge >= 0.3 is 0 Å². The third-order valence-corrected chi connectivity index (χ3v) is 4.77. The van der Waals surface area contributed by atoms with E-state index in [2.05, 4.69) is 21.7 Å². The zero-order valence-corrected chi connectivity index (χ0v) is 18.1. The Balaban J connectivity index is 0.00000261. The maximum atomic E-state index is 12.6. The number of rotatable bonds is 5. The predicted molar refractivity (Wildman–Crippen MR) is 118 cm³/mol. The highest BCUT2D eigenvalue weighted by atomic mass is 127. The van der Waals surface area contributed by atoms with Gasteiger partial charge < -0.3 is 20.4 Å². The van der Waals surface area contributed by atoms with E-state index < -0.39 is 0 Å². The number of guanidine groups is 1. The topological polar surface area (TPSA) is 77.0 Å². The molecule has 2 N–H and O–H groups in total. The fourth-order valence-corrected chi connectivity index (χ4v) is 3.41. The molecule has 0 unspecified atom stereocenters. The van der Waals surface area contributed by atoms with Crippen molar-refractivity contribution < 1.29 is 9.59 Å². The van der Waals surface area contributed by atoms with Gasteiger partial charge in [-0.25, -0.2) is 4.99 Å². The molecule has 0 aliphatic carbocycles. The maximum Gasteiger partial charge on any atom is 0.248 e. The lowest BCUT2D eigenvalue weighted by Crippen LogP contribution is -2.44. The van der Waals surface area contributed by atoms with E-state index in [1.807, 2.05) is 30.0 Å². The van der Waals surface area contributed by atoms with Gasteiger partial charge in [0.2, 0.25) is 11.8 Å². The van der Waals surface area contributed by atoms with Crippen LogP contribution in [-0.2, 0) is 16.0 Å². The Morgan fingerprint density at radius 3 is 2.56 bits per heavy atom. The maximum absolute atomic E-state index is 12.6. The molecule has 2 aliphatic rings. The summed E-state index contributed by atoms with van der Waals surface area (Å²) in [5.41, 5.74) is 2.18. The van der Waals surface area contributed by atoms with E-state index in [9.17, 15) is 9.59 Å². The van der Waals surface area contributed by atoms with Crippen LogP contribution in [0.2, 0.25) is 0 Å². The third-order valence-electron chi connectivity index (χ3n) is 4.77. The standard InChI is InChI=1S/C19H27N5O2.HI/c1-2-20-19(21-13-17(25)23-10-5-6-11-23)22-14-18(26)24-12-9-15-7-3-4-8-16(15)24;/h3-4,7-8H,2,5-6,9-14H2,1H3,(H2,20,21,22);1H. The smallest absolute Gasteiger partial charge is 0.248 e. The molecule has 2 aliphatic heterocycles. The van der Waals surface area contributed by atoms with Crippen LogP contribution in [0.5, 0.6) is 0 Å². The summed E-state index contributed by atoms with van der Waals surface area (Å²) < 4.78 is 0. The number of nitrogens with zero attached hydrogens (tertiary/aromatic N) is 3. The largest absolute Gasteiger partial charge is 0.357 e. The number of carbonyl (C=O) groups excluding carboxylic acids is 2. The van der Waals surface area contributed by atoms with Crippen LogP contribution in [-0.4, -0.2) is 61.9 Å². The molecular formula is C19H28IN5O2. The van der Waals surface area contributed by atoms with Crippen LogP contribution in [0.4, 0.5) is 5.69 Å².